The van der Waals surface area contributed by atoms with Crippen LogP contribution in [0, 0.1) is 5.82 Å². The smallest absolute Gasteiger partial charge is 0.340 e. The summed E-state index contributed by atoms with van der Waals surface area (Å²) < 4.78 is 23.0. The van der Waals surface area contributed by atoms with Crippen LogP contribution >= 0.6 is 0 Å². The summed E-state index contributed by atoms with van der Waals surface area (Å²) in [7, 11) is 1.26. The van der Waals surface area contributed by atoms with Gasteiger partial charge in [0.15, 0.2) is 0 Å². The van der Waals surface area contributed by atoms with Crippen LogP contribution in [0.25, 0.3) is 0 Å². The van der Waals surface area contributed by atoms with Crippen LogP contribution in [0.4, 0.5) is 10.1 Å². The second-order valence-electron chi connectivity index (χ2n) is 3.89. The van der Waals surface area contributed by atoms with Gasteiger partial charge in [0.1, 0.15) is 5.82 Å². The number of hydrogen-bond acceptors (Lipinski definition) is 4. The van der Waals surface area contributed by atoms with Crippen LogP contribution in [0.5, 0.6) is 0 Å². The Morgan fingerprint density at radius 3 is 2.83 bits per heavy atom. The Kier molecular flexibility index (Phi) is 5.58. The van der Waals surface area contributed by atoms with E-state index >= 15 is 0 Å². The molecular formula is C13H18FNO3. The van der Waals surface area contributed by atoms with Crippen molar-refractivity contribution in [2.24, 2.45) is 0 Å². The molecule has 0 aliphatic carbocycles. The molecule has 0 spiro atoms. The van der Waals surface area contributed by atoms with E-state index in [1.807, 2.05) is 13.8 Å². The van der Waals surface area contributed by atoms with Crippen molar-refractivity contribution in [1.82, 2.24) is 0 Å². The van der Waals surface area contributed by atoms with Crippen LogP contribution in [0.2, 0.25) is 0 Å². The van der Waals surface area contributed by atoms with Gasteiger partial charge in [-0.2, -0.15) is 0 Å². The van der Waals surface area contributed by atoms with Crippen molar-refractivity contribution in [3.8, 4) is 0 Å². The third kappa shape index (κ3) is 4.00. The maximum absolute atomic E-state index is 13.1. The molecule has 0 saturated carbocycles. The van der Waals surface area contributed by atoms with E-state index in [4.69, 9.17) is 4.74 Å². The molecule has 0 heterocycles. The Hall–Kier alpha value is -1.62. The number of esters is 1. The standard InChI is InChI=1S/C13H18FNO3/c1-4-18-8-9(2)15-12-6-5-10(14)7-11(12)13(16)17-3/h5-7,9,15H,4,8H2,1-3H3. The molecule has 0 bridgehead atoms. The molecule has 1 N–H and O–H groups in total. The number of carbonyl (C=O) groups is 1. The van der Waals surface area contributed by atoms with Crippen molar-refractivity contribution in [1.29, 1.82) is 0 Å². The highest BCUT2D eigenvalue weighted by atomic mass is 19.1. The molecule has 0 amide bonds. The normalized spacial score (nSPS) is 12.0. The minimum atomic E-state index is -0.569. The summed E-state index contributed by atoms with van der Waals surface area (Å²) in [6.45, 7) is 4.96. The summed E-state index contributed by atoms with van der Waals surface area (Å²) in [5.74, 6) is -1.04. The topological polar surface area (TPSA) is 47.6 Å². The van der Waals surface area contributed by atoms with E-state index in [1.54, 1.807) is 0 Å². The van der Waals surface area contributed by atoms with Crippen LogP contribution in [0.15, 0.2) is 18.2 Å². The summed E-state index contributed by atoms with van der Waals surface area (Å²) in [6, 6.07) is 3.98. The zero-order valence-corrected chi connectivity index (χ0v) is 10.8. The average molecular weight is 255 g/mol. The fraction of sp³-hybridized carbons (Fsp3) is 0.462. The summed E-state index contributed by atoms with van der Waals surface area (Å²) in [5, 5.41) is 3.10. The van der Waals surface area contributed by atoms with Gasteiger partial charge in [-0.05, 0) is 32.0 Å². The Labute approximate surface area is 106 Å². The third-order valence-electron chi connectivity index (χ3n) is 2.36. The third-order valence-corrected chi connectivity index (χ3v) is 2.36. The molecule has 0 aliphatic heterocycles. The van der Waals surface area contributed by atoms with E-state index in [0.29, 0.717) is 18.9 Å². The number of rotatable bonds is 6. The van der Waals surface area contributed by atoms with Crippen molar-refractivity contribution in [3.05, 3.63) is 29.6 Å². The van der Waals surface area contributed by atoms with E-state index in [2.05, 4.69) is 10.1 Å². The van der Waals surface area contributed by atoms with Crippen LogP contribution < -0.4 is 5.32 Å². The average Bonchev–Trinajstić information content (AvgIpc) is 2.37. The molecule has 1 aromatic carbocycles. The van der Waals surface area contributed by atoms with Crippen molar-refractivity contribution in [3.63, 3.8) is 0 Å². The number of methoxy groups -OCH3 is 1. The van der Waals surface area contributed by atoms with Crippen LogP contribution in [0.1, 0.15) is 24.2 Å². The van der Waals surface area contributed by atoms with Gasteiger partial charge in [0.2, 0.25) is 0 Å². The van der Waals surface area contributed by atoms with Gasteiger partial charge in [-0.15, -0.1) is 0 Å². The molecule has 1 aromatic rings. The number of benzene rings is 1. The molecule has 0 aliphatic rings. The number of anilines is 1. The van der Waals surface area contributed by atoms with E-state index in [9.17, 15) is 9.18 Å². The zero-order chi connectivity index (χ0) is 13.5. The van der Waals surface area contributed by atoms with Gasteiger partial charge in [-0.25, -0.2) is 9.18 Å². The largest absolute Gasteiger partial charge is 0.465 e. The molecule has 1 atom stereocenters. The SMILES string of the molecule is CCOCC(C)Nc1ccc(F)cc1C(=O)OC. The van der Waals surface area contributed by atoms with Gasteiger partial charge < -0.3 is 14.8 Å². The van der Waals surface area contributed by atoms with E-state index in [1.165, 1.54) is 19.2 Å². The minimum absolute atomic E-state index is 0.0128. The molecule has 0 fully saturated rings. The lowest BCUT2D eigenvalue weighted by Gasteiger charge is -2.17. The molecule has 1 unspecified atom stereocenters. The molecule has 5 heteroatoms. The minimum Gasteiger partial charge on any atom is -0.465 e. The number of hydrogen-bond donors (Lipinski definition) is 1. The molecule has 100 valence electrons. The van der Waals surface area contributed by atoms with Crippen LogP contribution in [0.3, 0.4) is 0 Å². The van der Waals surface area contributed by atoms with E-state index in [-0.39, 0.29) is 11.6 Å². The van der Waals surface area contributed by atoms with Crippen molar-refractivity contribution in [2.75, 3.05) is 25.6 Å². The molecule has 0 aromatic heterocycles. The first kappa shape index (κ1) is 14.4. The monoisotopic (exact) mass is 255 g/mol. The first-order valence-corrected chi connectivity index (χ1v) is 5.80. The van der Waals surface area contributed by atoms with Crippen LogP contribution in [-0.2, 0) is 9.47 Å². The second kappa shape index (κ2) is 6.96. The fourth-order valence-corrected chi connectivity index (χ4v) is 1.52. The van der Waals surface area contributed by atoms with Crippen molar-refractivity contribution < 1.29 is 18.7 Å². The van der Waals surface area contributed by atoms with Crippen LogP contribution in [-0.4, -0.2) is 32.3 Å². The van der Waals surface area contributed by atoms with Gasteiger partial charge >= 0.3 is 5.97 Å². The van der Waals surface area contributed by atoms with Gasteiger partial charge in [-0.3, -0.25) is 0 Å². The number of carbonyl (C=O) groups excluding carboxylic acids is 1. The first-order chi connectivity index (χ1) is 8.58. The van der Waals surface area contributed by atoms with Gasteiger partial charge in [0.05, 0.1) is 19.3 Å². The van der Waals surface area contributed by atoms with Gasteiger partial charge in [0, 0.05) is 18.3 Å². The maximum atomic E-state index is 13.1. The molecule has 1 rings (SSSR count). The van der Waals surface area contributed by atoms with E-state index in [0.717, 1.165) is 6.07 Å². The van der Waals surface area contributed by atoms with E-state index < -0.39 is 11.8 Å². The predicted octanol–water partition coefficient (Wildman–Crippen LogP) is 2.45. The number of ether oxygens (including phenoxy) is 2. The molecular weight excluding hydrogens is 237 g/mol. The Morgan fingerprint density at radius 1 is 1.50 bits per heavy atom. The van der Waals surface area contributed by atoms with Gasteiger partial charge in [-0.1, -0.05) is 0 Å². The van der Waals surface area contributed by atoms with Crippen molar-refractivity contribution in [2.45, 2.75) is 19.9 Å². The maximum Gasteiger partial charge on any atom is 0.340 e. The number of nitrogens with one attached hydrogen (secondary N) is 1. The highest BCUT2D eigenvalue weighted by molar-refractivity contribution is 5.95. The lowest BCUT2D eigenvalue weighted by molar-refractivity contribution is 0.0601. The zero-order valence-electron chi connectivity index (χ0n) is 10.8. The van der Waals surface area contributed by atoms with Crippen molar-refractivity contribution >= 4 is 11.7 Å². The Morgan fingerprint density at radius 2 is 2.22 bits per heavy atom. The summed E-state index contributed by atoms with van der Waals surface area (Å²) in [6.07, 6.45) is 0. The quantitative estimate of drug-likeness (QED) is 0.793. The predicted molar refractivity (Wildman–Crippen MR) is 67.3 cm³/mol. The molecule has 4 nitrogen and oxygen atoms in total. The Balaban J connectivity index is 2.84. The van der Waals surface area contributed by atoms with Gasteiger partial charge in [0.25, 0.3) is 0 Å². The lowest BCUT2D eigenvalue weighted by atomic mass is 10.1. The highest BCUT2D eigenvalue weighted by Crippen LogP contribution is 2.19. The first-order valence-electron chi connectivity index (χ1n) is 5.80. The highest BCUT2D eigenvalue weighted by Gasteiger charge is 2.14. The summed E-state index contributed by atoms with van der Waals surface area (Å²) >= 11 is 0. The summed E-state index contributed by atoms with van der Waals surface area (Å²) in [4.78, 5) is 11.5. The molecule has 18 heavy (non-hydrogen) atoms. The second-order valence-corrected chi connectivity index (χ2v) is 3.89. The summed E-state index contributed by atoms with van der Waals surface area (Å²) in [5.41, 5.74) is 0.719. The fourth-order valence-electron chi connectivity index (χ4n) is 1.52. The molecule has 0 saturated heterocycles. The lowest BCUT2D eigenvalue weighted by Crippen LogP contribution is -2.23. The Bertz CT molecular complexity index is 409. The molecule has 0 radical (unpaired) electrons. The number of halogens is 1.